The number of aliphatic hydroxyl groups excluding tert-OH is 1. The molecule has 0 spiro atoms. The minimum Gasteiger partial charge on any atom is -0.392 e. The van der Waals surface area contributed by atoms with Gasteiger partial charge in [0.1, 0.15) is 0 Å². The molecule has 2 aromatic carbocycles. The van der Waals surface area contributed by atoms with Crippen molar-refractivity contribution in [2.45, 2.75) is 13.0 Å². The van der Waals surface area contributed by atoms with Crippen molar-refractivity contribution in [3.63, 3.8) is 0 Å². The molecule has 0 aliphatic carbocycles. The Hall–Kier alpha value is -1.51. The Kier molecular flexibility index (Phi) is 2.98. The van der Waals surface area contributed by atoms with E-state index < -0.39 is 0 Å². The zero-order valence-electron chi connectivity index (χ0n) is 9.94. The smallest absolute Gasteiger partial charge is 0.0702 e. The highest BCUT2D eigenvalue weighted by molar-refractivity contribution is 6.30. The summed E-state index contributed by atoms with van der Waals surface area (Å²) < 4.78 is 0. The van der Waals surface area contributed by atoms with Crippen molar-refractivity contribution in [1.29, 1.82) is 0 Å². The van der Waals surface area contributed by atoms with Crippen LogP contribution in [0.25, 0.3) is 0 Å². The molecule has 1 heterocycles. The van der Waals surface area contributed by atoms with E-state index in [1.165, 1.54) is 11.3 Å². The molecule has 0 amide bonds. The molecule has 0 saturated heterocycles. The van der Waals surface area contributed by atoms with Gasteiger partial charge >= 0.3 is 0 Å². The average Bonchev–Trinajstić information content (AvgIpc) is 2.82. The van der Waals surface area contributed by atoms with Crippen LogP contribution < -0.4 is 4.90 Å². The van der Waals surface area contributed by atoms with Gasteiger partial charge < -0.3 is 10.0 Å². The van der Waals surface area contributed by atoms with Gasteiger partial charge in [-0.05, 0) is 30.2 Å². The molecule has 3 heteroatoms. The number of rotatable bonds is 2. The van der Waals surface area contributed by atoms with Crippen molar-refractivity contribution in [1.82, 2.24) is 0 Å². The molecule has 2 nitrogen and oxygen atoms in total. The maximum absolute atomic E-state index is 9.45. The Morgan fingerprint density at radius 2 is 1.94 bits per heavy atom. The van der Waals surface area contributed by atoms with Crippen LogP contribution in [-0.4, -0.2) is 11.7 Å². The molecule has 18 heavy (non-hydrogen) atoms. The van der Waals surface area contributed by atoms with E-state index in [0.29, 0.717) is 5.02 Å². The molecule has 0 radical (unpaired) electrons. The van der Waals surface area contributed by atoms with Gasteiger partial charge in [0.2, 0.25) is 0 Å². The Bertz CT molecular complexity index is 582. The van der Waals surface area contributed by atoms with Crippen molar-refractivity contribution in [3.8, 4) is 0 Å². The SMILES string of the molecule is OCc1ccc(Cl)cc1N1CCc2ccccc21. The lowest BCUT2D eigenvalue weighted by Gasteiger charge is -2.22. The highest BCUT2D eigenvalue weighted by Gasteiger charge is 2.21. The standard InChI is InChI=1S/C15H14ClNO/c16-13-6-5-12(10-18)15(9-13)17-8-7-11-3-1-2-4-14(11)17/h1-6,9,18H,7-8,10H2. The Labute approximate surface area is 111 Å². The summed E-state index contributed by atoms with van der Waals surface area (Å²) in [6, 6.07) is 14.0. The Morgan fingerprint density at radius 1 is 1.11 bits per heavy atom. The van der Waals surface area contributed by atoms with E-state index in [2.05, 4.69) is 23.1 Å². The molecule has 92 valence electrons. The first-order chi connectivity index (χ1) is 8.79. The van der Waals surface area contributed by atoms with Crippen LogP contribution in [0, 0.1) is 0 Å². The summed E-state index contributed by atoms with van der Waals surface area (Å²) in [7, 11) is 0. The highest BCUT2D eigenvalue weighted by atomic mass is 35.5. The zero-order chi connectivity index (χ0) is 12.5. The summed E-state index contributed by atoms with van der Waals surface area (Å²) in [5.74, 6) is 0. The molecule has 1 aliphatic heterocycles. The van der Waals surface area contributed by atoms with Crippen LogP contribution in [0.15, 0.2) is 42.5 Å². The first kappa shape index (κ1) is 11.6. The maximum atomic E-state index is 9.45. The molecular formula is C15H14ClNO. The van der Waals surface area contributed by atoms with E-state index in [4.69, 9.17) is 11.6 Å². The predicted molar refractivity (Wildman–Crippen MR) is 74.5 cm³/mol. The number of fused-ring (bicyclic) bond motifs is 1. The van der Waals surface area contributed by atoms with E-state index in [1.807, 2.05) is 24.3 Å². The van der Waals surface area contributed by atoms with Crippen molar-refractivity contribution in [3.05, 3.63) is 58.6 Å². The van der Waals surface area contributed by atoms with E-state index >= 15 is 0 Å². The third-order valence-electron chi connectivity index (χ3n) is 3.40. The van der Waals surface area contributed by atoms with Gasteiger partial charge in [0, 0.05) is 28.5 Å². The van der Waals surface area contributed by atoms with Gasteiger partial charge in [-0.1, -0.05) is 35.9 Å². The second kappa shape index (κ2) is 4.63. The lowest BCUT2D eigenvalue weighted by atomic mass is 10.1. The van der Waals surface area contributed by atoms with Gasteiger partial charge in [-0.25, -0.2) is 0 Å². The van der Waals surface area contributed by atoms with Gasteiger partial charge in [0.25, 0.3) is 0 Å². The summed E-state index contributed by atoms with van der Waals surface area (Å²) in [5, 5.41) is 10.1. The number of anilines is 2. The fourth-order valence-electron chi connectivity index (χ4n) is 2.51. The van der Waals surface area contributed by atoms with Crippen LogP contribution in [0.5, 0.6) is 0 Å². The van der Waals surface area contributed by atoms with Crippen LogP contribution in [0.2, 0.25) is 5.02 Å². The van der Waals surface area contributed by atoms with Crippen LogP contribution in [0.3, 0.4) is 0 Å². The molecule has 0 fully saturated rings. The number of hydrogen-bond acceptors (Lipinski definition) is 2. The summed E-state index contributed by atoms with van der Waals surface area (Å²) in [4.78, 5) is 2.23. The van der Waals surface area contributed by atoms with Crippen LogP contribution in [0.4, 0.5) is 11.4 Å². The topological polar surface area (TPSA) is 23.5 Å². The minimum absolute atomic E-state index is 0.0329. The van der Waals surface area contributed by atoms with E-state index in [-0.39, 0.29) is 6.61 Å². The van der Waals surface area contributed by atoms with E-state index in [1.54, 1.807) is 0 Å². The summed E-state index contributed by atoms with van der Waals surface area (Å²) in [6.07, 6.45) is 1.04. The maximum Gasteiger partial charge on any atom is 0.0702 e. The summed E-state index contributed by atoms with van der Waals surface area (Å²) >= 11 is 6.07. The fourth-order valence-corrected chi connectivity index (χ4v) is 2.68. The van der Waals surface area contributed by atoms with Gasteiger partial charge in [-0.2, -0.15) is 0 Å². The van der Waals surface area contributed by atoms with Gasteiger partial charge in [0.05, 0.1) is 6.61 Å². The average molecular weight is 260 g/mol. The molecule has 0 bridgehead atoms. The Morgan fingerprint density at radius 3 is 2.78 bits per heavy atom. The largest absolute Gasteiger partial charge is 0.392 e. The molecule has 2 aromatic rings. The molecule has 1 N–H and O–H groups in total. The Balaban J connectivity index is 2.09. The van der Waals surface area contributed by atoms with Crippen molar-refractivity contribution >= 4 is 23.0 Å². The fraction of sp³-hybridized carbons (Fsp3) is 0.200. The number of hydrogen-bond donors (Lipinski definition) is 1. The molecule has 0 saturated carbocycles. The third-order valence-corrected chi connectivity index (χ3v) is 3.63. The first-order valence-electron chi connectivity index (χ1n) is 6.04. The minimum atomic E-state index is 0.0329. The van der Waals surface area contributed by atoms with Crippen molar-refractivity contribution in [2.24, 2.45) is 0 Å². The molecular weight excluding hydrogens is 246 g/mol. The van der Waals surface area contributed by atoms with Crippen LogP contribution >= 0.6 is 11.6 Å². The quantitative estimate of drug-likeness (QED) is 0.892. The number of nitrogens with zero attached hydrogens (tertiary/aromatic N) is 1. The monoisotopic (exact) mass is 259 g/mol. The second-order valence-corrected chi connectivity index (χ2v) is 4.90. The van der Waals surface area contributed by atoms with Crippen LogP contribution in [-0.2, 0) is 13.0 Å². The van der Waals surface area contributed by atoms with Crippen LogP contribution in [0.1, 0.15) is 11.1 Å². The second-order valence-electron chi connectivity index (χ2n) is 4.46. The lowest BCUT2D eigenvalue weighted by molar-refractivity contribution is 0.282. The zero-order valence-corrected chi connectivity index (χ0v) is 10.7. The van der Waals surface area contributed by atoms with Gasteiger partial charge in [-0.3, -0.25) is 0 Å². The van der Waals surface area contributed by atoms with E-state index in [9.17, 15) is 5.11 Å². The normalized spacial score (nSPS) is 13.8. The summed E-state index contributed by atoms with van der Waals surface area (Å²) in [6.45, 7) is 0.970. The number of para-hydroxylation sites is 1. The molecule has 0 aromatic heterocycles. The summed E-state index contributed by atoms with van der Waals surface area (Å²) in [5.41, 5.74) is 4.49. The molecule has 3 rings (SSSR count). The lowest BCUT2D eigenvalue weighted by Crippen LogP contribution is -2.15. The van der Waals surface area contributed by atoms with Crippen molar-refractivity contribution < 1.29 is 5.11 Å². The highest BCUT2D eigenvalue weighted by Crippen LogP contribution is 2.37. The number of benzene rings is 2. The molecule has 1 aliphatic rings. The number of halogens is 1. The van der Waals surface area contributed by atoms with Crippen molar-refractivity contribution in [2.75, 3.05) is 11.4 Å². The molecule has 0 unspecified atom stereocenters. The van der Waals surface area contributed by atoms with Gasteiger partial charge in [-0.15, -0.1) is 0 Å². The molecule has 0 atom stereocenters. The number of aliphatic hydroxyl groups is 1. The van der Waals surface area contributed by atoms with E-state index in [0.717, 1.165) is 24.2 Å². The van der Waals surface area contributed by atoms with Gasteiger partial charge in [0.15, 0.2) is 0 Å². The third kappa shape index (κ3) is 1.88. The predicted octanol–water partition coefficient (Wildman–Crippen LogP) is 3.53. The first-order valence-corrected chi connectivity index (χ1v) is 6.42.